The van der Waals surface area contributed by atoms with E-state index in [1.165, 1.54) is 6.08 Å². The van der Waals surface area contributed by atoms with Gasteiger partial charge in [-0.3, -0.25) is 10.1 Å². The fraction of sp³-hybridized carbons (Fsp3) is 0.750. The van der Waals surface area contributed by atoms with E-state index >= 15 is 0 Å². The van der Waals surface area contributed by atoms with Crippen LogP contribution in [0.15, 0.2) is 4.99 Å². The minimum absolute atomic E-state index is 0.134. The highest BCUT2D eigenvalue weighted by Crippen LogP contribution is 1.79. The fourth-order valence-corrected chi connectivity index (χ4v) is 0.325. The monoisotopic (exact) mass is 130 g/mol. The number of hydrogen-bond donors (Lipinski definition) is 0. The average molecular weight is 130 g/mol. The van der Waals surface area contributed by atoms with Crippen molar-refractivity contribution in [2.75, 3.05) is 13.1 Å². The van der Waals surface area contributed by atoms with E-state index in [0.717, 1.165) is 0 Å². The van der Waals surface area contributed by atoms with Gasteiger partial charge in [-0.1, -0.05) is 0 Å². The molecule has 0 aromatic heterocycles. The van der Waals surface area contributed by atoms with E-state index in [1.807, 2.05) is 0 Å². The Bertz CT molecular complexity index is 137. The lowest BCUT2D eigenvalue weighted by atomic mass is 10.4. The summed E-state index contributed by atoms with van der Waals surface area (Å²) >= 11 is 0. The van der Waals surface area contributed by atoms with Crippen LogP contribution in [0.2, 0.25) is 0 Å². The van der Waals surface area contributed by atoms with E-state index in [0.29, 0.717) is 6.42 Å². The van der Waals surface area contributed by atoms with Crippen LogP contribution >= 0.6 is 0 Å². The van der Waals surface area contributed by atoms with Crippen molar-refractivity contribution in [3.63, 3.8) is 0 Å². The summed E-state index contributed by atoms with van der Waals surface area (Å²) in [4.78, 5) is 21.7. The molecular formula is C4H6N2O3. The Labute approximate surface area is 51.5 Å². The smallest absolute Gasteiger partial charge is 0.234 e. The zero-order chi connectivity index (χ0) is 7.11. The normalized spacial score (nSPS) is 8.00. The maximum Gasteiger partial charge on any atom is 0.234 e. The Hall–Kier alpha value is -1.22. The Kier molecular flexibility index (Phi) is 4.26. The van der Waals surface area contributed by atoms with E-state index in [4.69, 9.17) is 0 Å². The molecule has 0 aliphatic rings. The van der Waals surface area contributed by atoms with Crippen molar-refractivity contribution < 1.29 is 9.72 Å². The second kappa shape index (κ2) is 4.93. The molecule has 5 heteroatoms. The van der Waals surface area contributed by atoms with Gasteiger partial charge in [-0.25, -0.2) is 9.79 Å². The second-order valence-corrected chi connectivity index (χ2v) is 1.38. The summed E-state index contributed by atoms with van der Waals surface area (Å²) < 4.78 is 0. The highest BCUT2D eigenvalue weighted by atomic mass is 16.6. The van der Waals surface area contributed by atoms with Crippen LogP contribution in [-0.4, -0.2) is 24.1 Å². The molecule has 0 amide bonds. The predicted octanol–water partition coefficient (Wildman–Crippen LogP) is -0.0110. The van der Waals surface area contributed by atoms with Crippen molar-refractivity contribution in [3.8, 4) is 0 Å². The fourth-order valence-electron chi connectivity index (χ4n) is 0.325. The third-order valence-corrected chi connectivity index (χ3v) is 0.675. The van der Waals surface area contributed by atoms with Crippen LogP contribution in [0, 0.1) is 10.1 Å². The van der Waals surface area contributed by atoms with Crippen molar-refractivity contribution in [3.05, 3.63) is 10.1 Å². The molecule has 0 rings (SSSR count). The highest BCUT2D eigenvalue weighted by Gasteiger charge is 1.92. The molecule has 0 spiro atoms. The summed E-state index contributed by atoms with van der Waals surface area (Å²) in [5.74, 6) is 0. The van der Waals surface area contributed by atoms with Crippen LogP contribution in [0.25, 0.3) is 0 Å². The molecule has 5 nitrogen and oxygen atoms in total. The maximum atomic E-state index is 9.63. The molecule has 0 aromatic carbocycles. The zero-order valence-corrected chi connectivity index (χ0v) is 4.74. The molecule has 0 aromatic rings. The van der Waals surface area contributed by atoms with Crippen LogP contribution in [-0.2, 0) is 4.79 Å². The first-order chi connectivity index (χ1) is 4.27. The van der Waals surface area contributed by atoms with Gasteiger partial charge in [0.15, 0.2) is 0 Å². The van der Waals surface area contributed by atoms with Crippen LogP contribution < -0.4 is 0 Å². The third-order valence-electron chi connectivity index (χ3n) is 0.675. The largest absolute Gasteiger partial charge is 0.265 e. The molecule has 0 fully saturated rings. The van der Waals surface area contributed by atoms with Gasteiger partial charge in [-0.15, -0.1) is 0 Å². The first-order valence-electron chi connectivity index (χ1n) is 2.43. The van der Waals surface area contributed by atoms with Crippen molar-refractivity contribution >= 4 is 6.08 Å². The molecule has 50 valence electrons. The van der Waals surface area contributed by atoms with Gasteiger partial charge in [0.05, 0.1) is 6.54 Å². The van der Waals surface area contributed by atoms with Gasteiger partial charge >= 0.3 is 0 Å². The molecule has 0 unspecified atom stereocenters. The second-order valence-electron chi connectivity index (χ2n) is 1.38. The highest BCUT2D eigenvalue weighted by molar-refractivity contribution is 5.32. The molecule has 0 aliphatic heterocycles. The first-order valence-corrected chi connectivity index (χ1v) is 2.43. The Morgan fingerprint density at radius 2 is 2.33 bits per heavy atom. The van der Waals surface area contributed by atoms with Crippen LogP contribution in [0.4, 0.5) is 0 Å². The Morgan fingerprint density at radius 3 is 2.78 bits per heavy atom. The molecule has 0 atom stereocenters. The average Bonchev–Trinajstić information content (AvgIpc) is 1.80. The number of rotatable bonds is 4. The summed E-state index contributed by atoms with van der Waals surface area (Å²) in [5, 5.41) is 9.63. The Balaban J connectivity index is 3.10. The molecule has 0 aliphatic carbocycles. The van der Waals surface area contributed by atoms with E-state index < -0.39 is 4.92 Å². The van der Waals surface area contributed by atoms with Gasteiger partial charge < -0.3 is 0 Å². The lowest BCUT2D eigenvalue weighted by Crippen LogP contribution is -2.01. The molecule has 0 saturated heterocycles. The minimum atomic E-state index is -0.444. The number of nitrogens with zero attached hydrogens (tertiary/aromatic N) is 2. The zero-order valence-electron chi connectivity index (χ0n) is 4.74. The number of hydrogen-bond acceptors (Lipinski definition) is 4. The first kappa shape index (κ1) is 7.78. The van der Waals surface area contributed by atoms with Gasteiger partial charge in [0.1, 0.15) is 0 Å². The van der Waals surface area contributed by atoms with E-state index in [9.17, 15) is 14.9 Å². The van der Waals surface area contributed by atoms with Gasteiger partial charge in [0.25, 0.3) is 0 Å². The summed E-state index contributed by atoms with van der Waals surface area (Å²) in [5.41, 5.74) is 0. The molecular weight excluding hydrogens is 124 g/mol. The van der Waals surface area contributed by atoms with Crippen molar-refractivity contribution in [2.45, 2.75) is 6.42 Å². The number of carbonyl (C=O) groups excluding carboxylic acids is 1. The van der Waals surface area contributed by atoms with Gasteiger partial charge in [0.2, 0.25) is 12.6 Å². The molecule has 0 radical (unpaired) electrons. The molecule has 9 heavy (non-hydrogen) atoms. The van der Waals surface area contributed by atoms with Crippen LogP contribution in [0.3, 0.4) is 0 Å². The standard InChI is InChI=1S/C4H6N2O3/c7-4-5-2-1-3-6(8)9/h1-3H2. The molecule has 0 N–H and O–H groups in total. The quantitative estimate of drug-likeness (QED) is 0.176. The third kappa shape index (κ3) is 6.78. The number of isocyanates is 1. The molecule has 0 heterocycles. The van der Waals surface area contributed by atoms with Crippen molar-refractivity contribution in [2.24, 2.45) is 4.99 Å². The SMILES string of the molecule is O=C=NCCC[N+](=O)[O-]. The summed E-state index contributed by atoms with van der Waals surface area (Å²) in [6.45, 7) is 0.0651. The van der Waals surface area contributed by atoms with E-state index in [1.54, 1.807) is 0 Å². The number of aliphatic imine (C=N–C) groups is 1. The predicted molar refractivity (Wildman–Crippen MR) is 29.5 cm³/mol. The van der Waals surface area contributed by atoms with E-state index in [2.05, 4.69) is 4.99 Å². The van der Waals surface area contributed by atoms with Gasteiger partial charge in [-0.05, 0) is 0 Å². The summed E-state index contributed by atoms with van der Waals surface area (Å²) in [6, 6.07) is 0. The molecule has 0 saturated carbocycles. The van der Waals surface area contributed by atoms with Gasteiger partial charge in [0, 0.05) is 11.3 Å². The lowest BCUT2D eigenvalue weighted by Gasteiger charge is -1.85. The number of nitro groups is 1. The van der Waals surface area contributed by atoms with Gasteiger partial charge in [-0.2, -0.15) is 0 Å². The maximum absolute atomic E-state index is 9.63. The topological polar surface area (TPSA) is 72.6 Å². The van der Waals surface area contributed by atoms with Crippen molar-refractivity contribution in [1.82, 2.24) is 0 Å². The Morgan fingerprint density at radius 1 is 1.67 bits per heavy atom. The molecule has 0 bridgehead atoms. The summed E-state index contributed by atoms with van der Waals surface area (Å²) in [6.07, 6.45) is 1.60. The van der Waals surface area contributed by atoms with Crippen LogP contribution in [0.1, 0.15) is 6.42 Å². The minimum Gasteiger partial charge on any atom is -0.265 e. The van der Waals surface area contributed by atoms with Crippen molar-refractivity contribution in [1.29, 1.82) is 0 Å². The van der Waals surface area contributed by atoms with Crippen LogP contribution in [0.5, 0.6) is 0 Å². The summed E-state index contributed by atoms with van der Waals surface area (Å²) in [7, 11) is 0. The van der Waals surface area contributed by atoms with E-state index in [-0.39, 0.29) is 13.1 Å². The lowest BCUT2D eigenvalue weighted by molar-refractivity contribution is -0.480.